The molecule has 1 aromatic carbocycles. The fourth-order valence-corrected chi connectivity index (χ4v) is 4.62. The van der Waals surface area contributed by atoms with E-state index in [1.807, 2.05) is 6.07 Å². The number of carbonyl (C=O) groups is 1. The second-order valence-electron chi connectivity index (χ2n) is 8.22. The Hall–Kier alpha value is -1.39. The second kappa shape index (κ2) is 10.3. The number of methoxy groups -OCH3 is 1. The monoisotopic (exact) mass is 455 g/mol. The minimum atomic E-state index is -0.861. The lowest BCUT2D eigenvalue weighted by atomic mass is 9.82. The molecule has 2 aliphatic rings. The number of likely N-dealkylation sites (tertiary alicyclic amines) is 2. The third-order valence-corrected chi connectivity index (χ3v) is 7.14. The molecule has 2 aliphatic heterocycles. The number of rotatable bonds is 8. The number of nitrogens with zero attached hydrogens (tertiary/aromatic N) is 3. The minimum absolute atomic E-state index is 0.167. The summed E-state index contributed by atoms with van der Waals surface area (Å²) in [6, 6.07) is 5.73. The third kappa shape index (κ3) is 5.45. The van der Waals surface area contributed by atoms with Crippen molar-refractivity contribution in [3.8, 4) is 0 Å². The Balaban J connectivity index is 1.63. The van der Waals surface area contributed by atoms with Gasteiger partial charge in [0.2, 0.25) is 0 Å². The molecular formula is C22H28Cl2FN3O2. The predicted molar refractivity (Wildman–Crippen MR) is 117 cm³/mol. The molecule has 164 valence electrons. The standard InChI is InChI=1S/C22H28Cl2FN3O2/c1-26-22(8-5-21(29)30-2,16-3-4-19(23)20(24)13-16)9-12-27-14-18(15-27)28-10-6-17(25)7-11-28/h3-4,13,17-18H,5-12,14-15H2,2H3. The maximum Gasteiger partial charge on any atom is 0.305 e. The Morgan fingerprint density at radius 2 is 1.97 bits per heavy atom. The van der Waals surface area contributed by atoms with Gasteiger partial charge >= 0.3 is 5.97 Å². The SMILES string of the molecule is [C-]#[N+]C(CCC(=O)OC)(CCN1CC(N2CCC(F)CC2)C1)c1ccc(Cl)c(Cl)c1. The predicted octanol–water partition coefficient (Wildman–Crippen LogP) is 4.57. The quantitative estimate of drug-likeness (QED) is 0.424. The lowest BCUT2D eigenvalue weighted by Gasteiger charge is -2.47. The van der Waals surface area contributed by atoms with Crippen molar-refractivity contribution in [2.24, 2.45) is 0 Å². The summed E-state index contributed by atoms with van der Waals surface area (Å²) in [5.74, 6) is -0.330. The van der Waals surface area contributed by atoms with Crippen molar-refractivity contribution in [3.63, 3.8) is 0 Å². The molecule has 2 saturated heterocycles. The highest BCUT2D eigenvalue weighted by molar-refractivity contribution is 6.42. The topological polar surface area (TPSA) is 37.1 Å². The van der Waals surface area contributed by atoms with Crippen LogP contribution in [0.4, 0.5) is 4.39 Å². The first-order valence-corrected chi connectivity index (χ1v) is 11.1. The summed E-state index contributed by atoms with van der Waals surface area (Å²) >= 11 is 12.3. The van der Waals surface area contributed by atoms with Crippen LogP contribution in [0.1, 0.15) is 37.7 Å². The maximum absolute atomic E-state index is 13.4. The fraction of sp³-hybridized carbons (Fsp3) is 0.636. The molecule has 1 atom stereocenters. The van der Waals surface area contributed by atoms with Crippen LogP contribution in [-0.4, -0.2) is 67.8 Å². The first-order chi connectivity index (χ1) is 14.4. The summed E-state index contributed by atoms with van der Waals surface area (Å²) in [7, 11) is 1.35. The van der Waals surface area contributed by atoms with Crippen molar-refractivity contribution < 1.29 is 13.9 Å². The molecule has 2 fully saturated rings. The molecule has 0 saturated carbocycles. The fourth-order valence-electron chi connectivity index (χ4n) is 4.32. The smallest absolute Gasteiger partial charge is 0.305 e. The molecule has 3 rings (SSSR count). The van der Waals surface area contributed by atoms with E-state index < -0.39 is 11.7 Å². The number of esters is 1. The highest BCUT2D eigenvalue weighted by atomic mass is 35.5. The van der Waals surface area contributed by atoms with Crippen LogP contribution in [0.5, 0.6) is 0 Å². The number of hydrogen-bond acceptors (Lipinski definition) is 4. The molecule has 0 aromatic heterocycles. The van der Waals surface area contributed by atoms with Crippen LogP contribution < -0.4 is 0 Å². The van der Waals surface area contributed by atoms with Crippen LogP contribution in [0.3, 0.4) is 0 Å². The Labute approximate surface area is 187 Å². The number of benzene rings is 1. The first-order valence-electron chi connectivity index (χ1n) is 10.4. The summed E-state index contributed by atoms with van der Waals surface area (Å²) in [6.07, 6.45) is 1.72. The van der Waals surface area contributed by atoms with Crippen molar-refractivity contribution in [2.45, 2.75) is 49.9 Å². The third-order valence-electron chi connectivity index (χ3n) is 6.40. The van der Waals surface area contributed by atoms with Gasteiger partial charge in [0.15, 0.2) is 0 Å². The molecule has 0 amide bonds. The molecule has 0 N–H and O–H groups in total. The van der Waals surface area contributed by atoms with E-state index in [1.54, 1.807) is 12.1 Å². The van der Waals surface area contributed by atoms with E-state index >= 15 is 0 Å². The van der Waals surface area contributed by atoms with Gasteiger partial charge in [-0.1, -0.05) is 23.2 Å². The van der Waals surface area contributed by atoms with Gasteiger partial charge in [-0.15, -0.1) is 0 Å². The summed E-state index contributed by atoms with van der Waals surface area (Å²) in [5, 5.41) is 0.843. The van der Waals surface area contributed by atoms with Crippen molar-refractivity contribution in [3.05, 3.63) is 45.2 Å². The van der Waals surface area contributed by atoms with Gasteiger partial charge in [-0.25, -0.2) is 11.0 Å². The second-order valence-corrected chi connectivity index (χ2v) is 9.04. The van der Waals surface area contributed by atoms with Gasteiger partial charge in [-0.05, 0) is 31.0 Å². The Morgan fingerprint density at radius 3 is 2.57 bits per heavy atom. The molecule has 8 heteroatoms. The van der Waals surface area contributed by atoms with E-state index in [0.717, 1.165) is 38.3 Å². The highest BCUT2D eigenvalue weighted by Gasteiger charge is 2.42. The molecule has 0 aliphatic carbocycles. The van der Waals surface area contributed by atoms with E-state index in [9.17, 15) is 9.18 Å². The summed E-state index contributed by atoms with van der Waals surface area (Å²) in [5.41, 5.74) is -0.0852. The van der Waals surface area contributed by atoms with Crippen LogP contribution in [0.2, 0.25) is 10.0 Å². The molecule has 5 nitrogen and oxygen atoms in total. The van der Waals surface area contributed by atoms with Crippen LogP contribution in [-0.2, 0) is 15.1 Å². The van der Waals surface area contributed by atoms with Crippen molar-refractivity contribution in [2.75, 3.05) is 39.8 Å². The minimum Gasteiger partial charge on any atom is -0.469 e. The van der Waals surface area contributed by atoms with E-state index in [0.29, 0.717) is 41.8 Å². The maximum atomic E-state index is 13.4. The average molecular weight is 456 g/mol. The molecule has 0 spiro atoms. The van der Waals surface area contributed by atoms with Crippen LogP contribution in [0.25, 0.3) is 4.85 Å². The van der Waals surface area contributed by atoms with Crippen molar-refractivity contribution >= 4 is 29.2 Å². The summed E-state index contributed by atoms with van der Waals surface area (Å²) < 4.78 is 18.1. The number of alkyl halides is 1. The van der Waals surface area contributed by atoms with E-state index in [-0.39, 0.29) is 12.4 Å². The van der Waals surface area contributed by atoms with Gasteiger partial charge in [-0.3, -0.25) is 14.6 Å². The highest BCUT2D eigenvalue weighted by Crippen LogP contribution is 2.38. The lowest BCUT2D eigenvalue weighted by molar-refractivity contribution is -0.141. The molecule has 1 unspecified atom stereocenters. The van der Waals surface area contributed by atoms with Crippen molar-refractivity contribution in [1.29, 1.82) is 0 Å². The van der Waals surface area contributed by atoms with Crippen LogP contribution >= 0.6 is 23.2 Å². The zero-order valence-corrected chi connectivity index (χ0v) is 18.8. The zero-order valence-electron chi connectivity index (χ0n) is 17.2. The van der Waals surface area contributed by atoms with Gasteiger partial charge in [-0.2, -0.15) is 0 Å². The van der Waals surface area contributed by atoms with Gasteiger partial charge in [0.25, 0.3) is 5.54 Å². The van der Waals surface area contributed by atoms with Crippen LogP contribution in [0, 0.1) is 6.57 Å². The Morgan fingerprint density at radius 1 is 1.27 bits per heavy atom. The van der Waals surface area contributed by atoms with Crippen molar-refractivity contribution in [1.82, 2.24) is 9.80 Å². The molecule has 2 heterocycles. The van der Waals surface area contributed by atoms with E-state index in [1.165, 1.54) is 7.11 Å². The van der Waals surface area contributed by atoms with Gasteiger partial charge < -0.3 is 9.58 Å². The first kappa shape index (κ1) is 23.3. The number of piperidine rings is 1. The average Bonchev–Trinajstić information content (AvgIpc) is 2.72. The Bertz CT molecular complexity index is 789. The summed E-state index contributed by atoms with van der Waals surface area (Å²) in [4.78, 5) is 20.4. The van der Waals surface area contributed by atoms with Gasteiger partial charge in [0.1, 0.15) is 6.17 Å². The lowest BCUT2D eigenvalue weighted by Crippen LogP contribution is -2.61. The number of hydrogen-bond donors (Lipinski definition) is 0. The Kier molecular flexibility index (Phi) is 7.98. The van der Waals surface area contributed by atoms with Gasteiger partial charge in [0.05, 0.1) is 23.6 Å². The van der Waals surface area contributed by atoms with E-state index in [2.05, 4.69) is 14.6 Å². The largest absolute Gasteiger partial charge is 0.469 e. The normalized spacial score (nSPS) is 20.9. The molecular weight excluding hydrogens is 428 g/mol. The number of carbonyl (C=O) groups excluding carboxylic acids is 1. The number of halogens is 3. The molecule has 1 aromatic rings. The van der Waals surface area contributed by atoms with Gasteiger partial charge in [0, 0.05) is 57.2 Å². The number of ether oxygens (including phenoxy) is 1. The molecule has 30 heavy (non-hydrogen) atoms. The zero-order chi connectivity index (χ0) is 21.7. The van der Waals surface area contributed by atoms with E-state index in [4.69, 9.17) is 34.5 Å². The summed E-state index contributed by atoms with van der Waals surface area (Å²) in [6.45, 7) is 12.2. The molecule has 0 bridgehead atoms. The van der Waals surface area contributed by atoms with Crippen LogP contribution in [0.15, 0.2) is 18.2 Å². The molecule has 0 radical (unpaired) electrons.